The normalized spacial score (nSPS) is 17.1. The molecule has 17 heavy (non-hydrogen) atoms. The van der Waals surface area contributed by atoms with E-state index in [1.807, 2.05) is 0 Å². The van der Waals surface area contributed by atoms with Gasteiger partial charge in [0.2, 0.25) is 0 Å². The zero-order chi connectivity index (χ0) is 12.0. The Morgan fingerprint density at radius 1 is 1.29 bits per heavy atom. The van der Waals surface area contributed by atoms with Gasteiger partial charge in [-0.1, -0.05) is 36.0 Å². The van der Waals surface area contributed by atoms with Crippen LogP contribution in [0.2, 0.25) is 10.0 Å². The van der Waals surface area contributed by atoms with Gasteiger partial charge in [0.25, 0.3) is 0 Å². The number of hydrogen-bond acceptors (Lipinski definition) is 3. The molecule has 1 aromatic carbocycles. The highest BCUT2D eigenvalue weighted by molar-refractivity contribution is 6.41. The summed E-state index contributed by atoms with van der Waals surface area (Å²) in [4.78, 5) is 4.46. The average Bonchev–Trinajstić information content (AvgIpc) is 2.94. The second-order valence-electron chi connectivity index (χ2n) is 4.47. The summed E-state index contributed by atoms with van der Waals surface area (Å²) in [5, 5.41) is 0.899. The van der Waals surface area contributed by atoms with Crippen molar-refractivity contribution in [1.82, 2.24) is 4.98 Å². The summed E-state index contributed by atoms with van der Waals surface area (Å²) >= 11 is 12.2. The smallest absolute Gasteiger partial charge is 0.198 e. The number of halogens is 2. The lowest BCUT2D eigenvalue weighted by molar-refractivity contribution is 0.474. The molecule has 1 heterocycles. The molecule has 1 aliphatic carbocycles. The molecule has 3 rings (SSSR count). The predicted molar refractivity (Wildman–Crippen MR) is 69.7 cm³/mol. The van der Waals surface area contributed by atoms with Crippen molar-refractivity contribution in [3.8, 4) is 0 Å². The number of oxazole rings is 1. The molecule has 5 heteroatoms. The van der Waals surface area contributed by atoms with Gasteiger partial charge in [0.1, 0.15) is 10.5 Å². The largest absolute Gasteiger partial charge is 0.439 e. The van der Waals surface area contributed by atoms with E-state index in [-0.39, 0.29) is 0 Å². The van der Waals surface area contributed by atoms with E-state index < -0.39 is 0 Å². The van der Waals surface area contributed by atoms with Crippen molar-refractivity contribution < 1.29 is 4.42 Å². The van der Waals surface area contributed by atoms with Crippen LogP contribution in [0.1, 0.15) is 37.5 Å². The molecule has 0 spiro atoms. The van der Waals surface area contributed by atoms with Crippen LogP contribution in [-0.4, -0.2) is 4.98 Å². The van der Waals surface area contributed by atoms with Crippen LogP contribution < -0.4 is 5.73 Å². The second kappa shape index (κ2) is 4.07. The van der Waals surface area contributed by atoms with Gasteiger partial charge < -0.3 is 10.2 Å². The van der Waals surface area contributed by atoms with Gasteiger partial charge in [-0.2, -0.15) is 0 Å². The van der Waals surface area contributed by atoms with E-state index in [9.17, 15) is 0 Å². The van der Waals surface area contributed by atoms with Crippen LogP contribution in [0, 0.1) is 0 Å². The van der Waals surface area contributed by atoms with Crippen LogP contribution in [0.4, 0.5) is 5.69 Å². The summed E-state index contributed by atoms with van der Waals surface area (Å²) in [6, 6.07) is 1.62. The van der Waals surface area contributed by atoms with E-state index in [1.54, 1.807) is 6.07 Å². The fraction of sp³-hybridized carbons (Fsp3) is 0.417. The molecular weight excluding hydrogens is 259 g/mol. The van der Waals surface area contributed by atoms with E-state index in [0.29, 0.717) is 32.8 Å². The number of nitrogens with zero attached hydrogens (tertiary/aromatic N) is 1. The van der Waals surface area contributed by atoms with Gasteiger partial charge in [-0.05, 0) is 18.9 Å². The first kappa shape index (κ1) is 11.2. The van der Waals surface area contributed by atoms with Crippen molar-refractivity contribution in [3.63, 3.8) is 0 Å². The molecule has 0 saturated heterocycles. The number of hydrogen-bond donors (Lipinski definition) is 1. The average molecular weight is 271 g/mol. The van der Waals surface area contributed by atoms with Crippen molar-refractivity contribution >= 4 is 40.0 Å². The molecule has 0 atom stereocenters. The Balaban J connectivity index is 2.17. The van der Waals surface area contributed by atoms with E-state index in [2.05, 4.69) is 4.98 Å². The molecule has 90 valence electrons. The van der Waals surface area contributed by atoms with Gasteiger partial charge >= 0.3 is 0 Å². The first-order valence-corrected chi connectivity index (χ1v) is 6.46. The fourth-order valence-electron chi connectivity index (χ4n) is 2.39. The van der Waals surface area contributed by atoms with Gasteiger partial charge in [-0.25, -0.2) is 4.98 Å². The lowest BCUT2D eigenvalue weighted by atomic mass is 10.1. The van der Waals surface area contributed by atoms with Crippen LogP contribution in [0.3, 0.4) is 0 Å². The highest BCUT2D eigenvalue weighted by Gasteiger charge is 2.24. The molecule has 0 radical (unpaired) electrons. The summed E-state index contributed by atoms with van der Waals surface area (Å²) in [7, 11) is 0. The predicted octanol–water partition coefficient (Wildman–Crippen LogP) is 4.37. The number of nitrogens with two attached hydrogens (primary N) is 1. The van der Waals surface area contributed by atoms with Crippen LogP contribution in [0.15, 0.2) is 10.5 Å². The Bertz CT molecular complexity index is 573. The lowest BCUT2D eigenvalue weighted by Gasteiger charge is -2.00. The third-order valence-electron chi connectivity index (χ3n) is 3.31. The highest BCUT2D eigenvalue weighted by atomic mass is 35.5. The molecule has 2 N–H and O–H groups in total. The number of benzene rings is 1. The van der Waals surface area contributed by atoms with Crippen LogP contribution in [0.5, 0.6) is 0 Å². The molecule has 0 aliphatic heterocycles. The number of rotatable bonds is 1. The Labute approximate surface area is 109 Å². The van der Waals surface area contributed by atoms with Gasteiger partial charge in [0.15, 0.2) is 11.5 Å². The zero-order valence-corrected chi connectivity index (χ0v) is 10.7. The zero-order valence-electron chi connectivity index (χ0n) is 9.17. The summed E-state index contributed by atoms with van der Waals surface area (Å²) in [6.07, 6.45) is 4.70. The Hall–Kier alpha value is -0.930. The summed E-state index contributed by atoms with van der Waals surface area (Å²) in [6.45, 7) is 0. The molecule has 0 unspecified atom stereocenters. The maximum atomic E-state index is 6.10. The first-order valence-electron chi connectivity index (χ1n) is 5.70. The minimum absolute atomic E-state index is 0.399. The molecule has 1 aromatic heterocycles. The Morgan fingerprint density at radius 3 is 2.71 bits per heavy atom. The Morgan fingerprint density at radius 2 is 2.00 bits per heavy atom. The SMILES string of the molecule is Nc1cc(Cl)c2nc(C3CCCC3)oc2c1Cl. The van der Waals surface area contributed by atoms with Gasteiger partial charge in [0, 0.05) is 5.92 Å². The molecule has 1 saturated carbocycles. The third kappa shape index (κ3) is 1.78. The second-order valence-corrected chi connectivity index (χ2v) is 5.26. The van der Waals surface area contributed by atoms with Crippen LogP contribution in [-0.2, 0) is 0 Å². The van der Waals surface area contributed by atoms with Gasteiger partial charge in [-0.15, -0.1) is 0 Å². The minimum Gasteiger partial charge on any atom is -0.439 e. The van der Waals surface area contributed by atoms with Gasteiger partial charge in [0.05, 0.1) is 10.7 Å². The standard InChI is InChI=1S/C12H12Cl2N2O/c13-7-5-8(15)9(14)11-10(7)16-12(17-11)6-3-1-2-4-6/h5-6H,1-4,15H2. The van der Waals surface area contributed by atoms with E-state index in [1.165, 1.54) is 12.8 Å². The number of nitrogen functional groups attached to an aromatic ring is 1. The first-order chi connectivity index (χ1) is 8.16. The van der Waals surface area contributed by atoms with Crippen molar-refractivity contribution in [2.45, 2.75) is 31.6 Å². The van der Waals surface area contributed by atoms with E-state index >= 15 is 0 Å². The maximum Gasteiger partial charge on any atom is 0.198 e. The molecule has 0 amide bonds. The quantitative estimate of drug-likeness (QED) is 0.783. The van der Waals surface area contributed by atoms with Gasteiger partial charge in [-0.3, -0.25) is 0 Å². The van der Waals surface area contributed by atoms with Crippen molar-refractivity contribution in [2.75, 3.05) is 5.73 Å². The monoisotopic (exact) mass is 270 g/mol. The molecular formula is C12H12Cl2N2O. The lowest BCUT2D eigenvalue weighted by Crippen LogP contribution is -1.91. The highest BCUT2D eigenvalue weighted by Crippen LogP contribution is 2.39. The van der Waals surface area contributed by atoms with Crippen LogP contribution in [0.25, 0.3) is 11.1 Å². The minimum atomic E-state index is 0.399. The van der Waals surface area contributed by atoms with E-state index in [4.69, 9.17) is 33.4 Å². The van der Waals surface area contributed by atoms with Crippen LogP contribution >= 0.6 is 23.2 Å². The maximum absolute atomic E-state index is 6.10. The molecule has 0 bridgehead atoms. The topological polar surface area (TPSA) is 52.0 Å². The molecule has 1 aliphatic rings. The molecule has 3 nitrogen and oxygen atoms in total. The third-order valence-corrected chi connectivity index (χ3v) is 3.99. The summed E-state index contributed by atoms with van der Waals surface area (Å²) in [5.74, 6) is 1.14. The summed E-state index contributed by atoms with van der Waals surface area (Å²) in [5.41, 5.74) is 7.31. The molecule has 2 aromatic rings. The van der Waals surface area contributed by atoms with Crippen molar-refractivity contribution in [3.05, 3.63) is 22.0 Å². The number of fused-ring (bicyclic) bond motifs is 1. The molecule has 1 fully saturated rings. The number of aromatic nitrogens is 1. The Kier molecular flexibility index (Phi) is 2.68. The summed E-state index contributed by atoms with van der Waals surface area (Å²) < 4.78 is 5.74. The van der Waals surface area contributed by atoms with Crippen molar-refractivity contribution in [2.24, 2.45) is 0 Å². The number of anilines is 1. The fourth-order valence-corrected chi connectivity index (χ4v) is 2.82. The van der Waals surface area contributed by atoms with E-state index in [0.717, 1.165) is 18.7 Å². The van der Waals surface area contributed by atoms with Crippen molar-refractivity contribution in [1.29, 1.82) is 0 Å².